The van der Waals surface area contributed by atoms with E-state index in [0.29, 0.717) is 45.4 Å². The van der Waals surface area contributed by atoms with Gasteiger partial charge in [-0.3, -0.25) is 9.59 Å². The van der Waals surface area contributed by atoms with Crippen LogP contribution in [0.25, 0.3) is 6.08 Å². The van der Waals surface area contributed by atoms with E-state index in [1.807, 2.05) is 30.3 Å². The predicted molar refractivity (Wildman–Crippen MR) is 126 cm³/mol. The average molecular weight is 460 g/mol. The molecule has 0 spiro atoms. The number of hydrogen-bond donors (Lipinski definition) is 0. The Morgan fingerprint density at radius 2 is 1.59 bits per heavy atom. The Morgan fingerprint density at radius 1 is 0.912 bits per heavy atom. The van der Waals surface area contributed by atoms with Crippen molar-refractivity contribution in [1.29, 1.82) is 0 Å². The fourth-order valence-electron chi connectivity index (χ4n) is 3.74. The standard InChI is InChI=1S/C27H24O7/c1-16-20(33-24(28)15-17-8-6-5-7-9-17)11-10-19-25(29)21(34-26(16)19)12-18-13-22(30-2)27(32-4)23(14-18)31-3/h5-14H,15H2,1-4H3/b21-12-. The van der Waals surface area contributed by atoms with Crippen LogP contribution in [-0.4, -0.2) is 33.1 Å². The van der Waals surface area contributed by atoms with Crippen molar-refractivity contribution in [3.05, 3.63) is 82.6 Å². The van der Waals surface area contributed by atoms with Crippen LogP contribution in [-0.2, 0) is 11.2 Å². The lowest BCUT2D eigenvalue weighted by molar-refractivity contribution is -0.133. The summed E-state index contributed by atoms with van der Waals surface area (Å²) in [5.74, 6) is 1.56. The average Bonchev–Trinajstić information content (AvgIpc) is 3.16. The molecule has 0 radical (unpaired) electrons. The number of hydrogen-bond acceptors (Lipinski definition) is 7. The molecule has 1 aliphatic heterocycles. The minimum Gasteiger partial charge on any atom is -0.493 e. The smallest absolute Gasteiger partial charge is 0.315 e. The topological polar surface area (TPSA) is 80.3 Å². The second-order valence-electron chi connectivity index (χ2n) is 7.60. The Labute approximate surface area is 197 Å². The van der Waals surface area contributed by atoms with Crippen LogP contribution in [0.2, 0.25) is 0 Å². The maximum Gasteiger partial charge on any atom is 0.315 e. The van der Waals surface area contributed by atoms with Gasteiger partial charge in [0, 0.05) is 5.56 Å². The van der Waals surface area contributed by atoms with Crippen molar-refractivity contribution in [2.75, 3.05) is 21.3 Å². The van der Waals surface area contributed by atoms with Crippen LogP contribution in [0.5, 0.6) is 28.7 Å². The van der Waals surface area contributed by atoms with Gasteiger partial charge in [0.25, 0.3) is 0 Å². The number of benzene rings is 3. The summed E-state index contributed by atoms with van der Waals surface area (Å²) in [5.41, 5.74) is 2.46. The van der Waals surface area contributed by atoms with E-state index < -0.39 is 5.97 Å². The molecule has 0 aliphatic carbocycles. The molecule has 0 aromatic heterocycles. The summed E-state index contributed by atoms with van der Waals surface area (Å²) in [7, 11) is 4.56. The first kappa shape index (κ1) is 22.9. The third-order valence-corrected chi connectivity index (χ3v) is 5.44. The van der Waals surface area contributed by atoms with Crippen LogP contribution in [0.15, 0.2) is 60.4 Å². The maximum absolute atomic E-state index is 13.0. The molecule has 0 atom stereocenters. The predicted octanol–water partition coefficient (Wildman–Crippen LogP) is 4.79. The first-order valence-corrected chi connectivity index (χ1v) is 10.6. The Hall–Kier alpha value is -4.26. The summed E-state index contributed by atoms with van der Waals surface area (Å²) in [6.07, 6.45) is 1.75. The number of ether oxygens (including phenoxy) is 5. The van der Waals surface area contributed by atoms with Crippen molar-refractivity contribution in [3.63, 3.8) is 0 Å². The van der Waals surface area contributed by atoms with Crippen LogP contribution < -0.4 is 23.7 Å². The molecule has 174 valence electrons. The zero-order valence-electron chi connectivity index (χ0n) is 19.3. The molecular formula is C27H24O7. The molecule has 34 heavy (non-hydrogen) atoms. The Kier molecular flexibility index (Phi) is 6.54. The summed E-state index contributed by atoms with van der Waals surface area (Å²) in [6.45, 7) is 1.75. The Morgan fingerprint density at radius 3 is 2.21 bits per heavy atom. The van der Waals surface area contributed by atoms with Gasteiger partial charge in [0.1, 0.15) is 11.5 Å². The lowest BCUT2D eigenvalue weighted by Crippen LogP contribution is -2.12. The first-order valence-electron chi connectivity index (χ1n) is 10.6. The monoisotopic (exact) mass is 460 g/mol. The molecule has 0 unspecified atom stereocenters. The third-order valence-electron chi connectivity index (χ3n) is 5.44. The van der Waals surface area contributed by atoms with E-state index in [0.717, 1.165) is 5.56 Å². The normalized spacial score (nSPS) is 13.3. The van der Waals surface area contributed by atoms with Gasteiger partial charge in [0.05, 0.1) is 33.3 Å². The van der Waals surface area contributed by atoms with Crippen molar-refractivity contribution in [2.24, 2.45) is 0 Å². The number of ketones is 1. The van der Waals surface area contributed by atoms with Gasteiger partial charge < -0.3 is 23.7 Å². The highest BCUT2D eigenvalue weighted by Crippen LogP contribution is 2.41. The van der Waals surface area contributed by atoms with Gasteiger partial charge in [0.2, 0.25) is 11.5 Å². The molecule has 0 N–H and O–H groups in total. The molecule has 0 bridgehead atoms. The van der Waals surface area contributed by atoms with Crippen molar-refractivity contribution in [1.82, 2.24) is 0 Å². The molecule has 1 heterocycles. The van der Waals surface area contributed by atoms with E-state index in [-0.39, 0.29) is 18.0 Å². The number of Topliss-reactive ketones (excluding diaryl/α,β-unsaturated/α-hetero) is 1. The van der Waals surface area contributed by atoms with Crippen molar-refractivity contribution >= 4 is 17.8 Å². The van der Waals surface area contributed by atoms with Crippen LogP contribution >= 0.6 is 0 Å². The number of esters is 1. The molecule has 0 fully saturated rings. The molecule has 0 amide bonds. The molecule has 0 saturated heterocycles. The van der Waals surface area contributed by atoms with E-state index in [2.05, 4.69) is 0 Å². The molecule has 7 nitrogen and oxygen atoms in total. The van der Waals surface area contributed by atoms with Crippen molar-refractivity contribution < 1.29 is 33.3 Å². The highest BCUT2D eigenvalue weighted by Gasteiger charge is 2.31. The summed E-state index contributed by atoms with van der Waals surface area (Å²) in [4.78, 5) is 25.4. The summed E-state index contributed by atoms with van der Waals surface area (Å²) >= 11 is 0. The van der Waals surface area contributed by atoms with Crippen molar-refractivity contribution in [3.8, 4) is 28.7 Å². The number of fused-ring (bicyclic) bond motifs is 1. The van der Waals surface area contributed by atoms with Crippen LogP contribution in [0.4, 0.5) is 0 Å². The molecule has 1 aliphatic rings. The summed E-state index contributed by atoms with van der Waals surface area (Å²) < 4.78 is 27.6. The molecule has 3 aromatic carbocycles. The first-order chi connectivity index (χ1) is 16.4. The highest BCUT2D eigenvalue weighted by molar-refractivity contribution is 6.15. The van der Waals surface area contributed by atoms with Crippen LogP contribution in [0.1, 0.15) is 27.0 Å². The van der Waals surface area contributed by atoms with Gasteiger partial charge in [-0.1, -0.05) is 30.3 Å². The quantitative estimate of drug-likeness (QED) is 0.285. The number of carbonyl (C=O) groups excluding carboxylic acids is 2. The maximum atomic E-state index is 13.0. The van der Waals surface area contributed by atoms with Crippen LogP contribution in [0.3, 0.4) is 0 Å². The van der Waals surface area contributed by atoms with Gasteiger partial charge in [-0.05, 0) is 48.4 Å². The number of methoxy groups -OCH3 is 3. The molecule has 7 heteroatoms. The number of carbonyl (C=O) groups is 2. The van der Waals surface area contributed by atoms with Crippen LogP contribution in [0, 0.1) is 6.92 Å². The van der Waals surface area contributed by atoms with Gasteiger partial charge in [-0.25, -0.2) is 0 Å². The van der Waals surface area contributed by atoms with E-state index in [9.17, 15) is 9.59 Å². The Balaban J connectivity index is 1.59. The minimum absolute atomic E-state index is 0.139. The summed E-state index contributed by atoms with van der Waals surface area (Å²) in [5, 5.41) is 0. The third kappa shape index (κ3) is 4.45. The van der Waals surface area contributed by atoms with E-state index >= 15 is 0 Å². The van der Waals surface area contributed by atoms with Gasteiger partial charge >= 0.3 is 5.97 Å². The zero-order chi connectivity index (χ0) is 24.2. The second kappa shape index (κ2) is 9.70. The van der Waals surface area contributed by atoms with E-state index in [1.54, 1.807) is 37.3 Å². The fraction of sp³-hybridized carbons (Fsp3) is 0.185. The minimum atomic E-state index is -0.397. The number of rotatable bonds is 7. The lowest BCUT2D eigenvalue weighted by Gasteiger charge is -2.13. The Bertz CT molecular complexity index is 1250. The van der Waals surface area contributed by atoms with E-state index in [4.69, 9.17) is 23.7 Å². The number of allylic oxidation sites excluding steroid dienone is 1. The van der Waals surface area contributed by atoms with E-state index in [1.165, 1.54) is 21.3 Å². The van der Waals surface area contributed by atoms with Gasteiger partial charge in [-0.2, -0.15) is 0 Å². The van der Waals surface area contributed by atoms with Crippen molar-refractivity contribution in [2.45, 2.75) is 13.3 Å². The van der Waals surface area contributed by atoms with Gasteiger partial charge in [-0.15, -0.1) is 0 Å². The zero-order valence-corrected chi connectivity index (χ0v) is 19.3. The highest BCUT2D eigenvalue weighted by atomic mass is 16.5. The van der Waals surface area contributed by atoms with Gasteiger partial charge in [0.15, 0.2) is 17.3 Å². The lowest BCUT2D eigenvalue weighted by atomic mass is 10.1. The second-order valence-corrected chi connectivity index (χ2v) is 7.60. The summed E-state index contributed by atoms with van der Waals surface area (Å²) in [6, 6.07) is 16.0. The fourth-order valence-corrected chi connectivity index (χ4v) is 3.74. The molecule has 3 aromatic rings. The SMILES string of the molecule is COc1cc(/C=C2\Oc3c(ccc(OC(=O)Cc4ccccc4)c3C)C2=O)cc(OC)c1OC. The largest absolute Gasteiger partial charge is 0.493 e. The molecular weight excluding hydrogens is 436 g/mol. The molecule has 0 saturated carbocycles. The molecule has 4 rings (SSSR count).